The van der Waals surface area contributed by atoms with Gasteiger partial charge in [0, 0.05) is 11.1 Å². The maximum atomic E-state index is 11.2. The summed E-state index contributed by atoms with van der Waals surface area (Å²) in [7, 11) is 0. The Morgan fingerprint density at radius 2 is 2.00 bits per heavy atom. The van der Waals surface area contributed by atoms with E-state index in [4.69, 9.17) is 5.11 Å². The van der Waals surface area contributed by atoms with Crippen LogP contribution in [0.2, 0.25) is 0 Å². The van der Waals surface area contributed by atoms with Crippen LogP contribution in [0.15, 0.2) is 0 Å². The Bertz CT molecular complexity index is 340. The third kappa shape index (κ3) is 3.06. The molecule has 0 bridgehead atoms. The van der Waals surface area contributed by atoms with Crippen LogP contribution in [0.4, 0.5) is 0 Å². The lowest BCUT2D eigenvalue weighted by Gasteiger charge is -2.49. The fourth-order valence-electron chi connectivity index (χ4n) is 2.67. The molecule has 1 aliphatic rings. The zero-order chi connectivity index (χ0) is 13.4. The van der Waals surface area contributed by atoms with Crippen LogP contribution in [0.25, 0.3) is 0 Å². The molecule has 0 amide bonds. The van der Waals surface area contributed by atoms with E-state index < -0.39 is 34.2 Å². The van der Waals surface area contributed by atoms with E-state index >= 15 is 0 Å². The molecule has 2 unspecified atom stereocenters. The number of carbonyl (C=O) groups is 1. The molecule has 0 radical (unpaired) electrons. The predicted molar refractivity (Wildman–Crippen MR) is 58.9 cm³/mol. The molecule has 7 heteroatoms. The molecule has 1 aliphatic heterocycles. The van der Waals surface area contributed by atoms with E-state index in [2.05, 4.69) is 10.2 Å². The van der Waals surface area contributed by atoms with Gasteiger partial charge in [-0.1, -0.05) is 0 Å². The molecule has 0 saturated carbocycles. The van der Waals surface area contributed by atoms with E-state index in [1.54, 1.807) is 13.8 Å². The molecule has 1 heterocycles. The Balaban J connectivity index is 3.04. The molecule has 1 fully saturated rings. The van der Waals surface area contributed by atoms with Crippen LogP contribution < -0.4 is 5.32 Å². The van der Waals surface area contributed by atoms with Gasteiger partial charge in [-0.15, -0.1) is 10.1 Å². The molecule has 2 N–H and O–H groups in total. The van der Waals surface area contributed by atoms with Gasteiger partial charge in [-0.05, 0) is 34.1 Å². The fourth-order valence-corrected chi connectivity index (χ4v) is 2.67. The lowest BCUT2D eigenvalue weighted by atomic mass is 9.73. The first kappa shape index (κ1) is 13.7. The number of hydrogen-bond donors (Lipinski definition) is 2. The van der Waals surface area contributed by atoms with Gasteiger partial charge in [-0.2, -0.15) is 0 Å². The molecule has 0 spiro atoms. The molecule has 7 nitrogen and oxygen atoms in total. The van der Waals surface area contributed by atoms with Gasteiger partial charge in [0.05, 0.1) is 5.92 Å². The minimum atomic E-state index is -1.07. The number of carboxylic acid groups (broad SMARTS) is 1. The van der Waals surface area contributed by atoms with Crippen LogP contribution in [0.1, 0.15) is 34.1 Å². The zero-order valence-electron chi connectivity index (χ0n) is 10.4. The van der Waals surface area contributed by atoms with Crippen molar-refractivity contribution in [2.24, 2.45) is 5.92 Å². The molecule has 1 rings (SSSR count). The van der Waals surface area contributed by atoms with Gasteiger partial charge in [-0.3, -0.25) is 4.79 Å². The molecule has 17 heavy (non-hydrogen) atoms. The lowest BCUT2D eigenvalue weighted by molar-refractivity contribution is -0.773. The third-order valence-corrected chi connectivity index (χ3v) is 2.98. The number of nitrogens with one attached hydrogen (secondary N) is 1. The molecule has 98 valence electrons. The smallest absolute Gasteiger partial charge is 0.308 e. The number of hydrogen-bond acceptors (Lipinski definition) is 5. The highest BCUT2D eigenvalue weighted by molar-refractivity contribution is 5.71. The second kappa shape index (κ2) is 4.14. The van der Waals surface area contributed by atoms with E-state index in [0.29, 0.717) is 0 Å². The summed E-state index contributed by atoms with van der Waals surface area (Å²) in [6.45, 7) is 7.15. The Labute approximate surface area is 99.2 Å². The van der Waals surface area contributed by atoms with Gasteiger partial charge < -0.3 is 15.3 Å². The monoisotopic (exact) mass is 246 g/mol. The van der Waals surface area contributed by atoms with Gasteiger partial charge in [0.1, 0.15) is 6.10 Å². The van der Waals surface area contributed by atoms with E-state index in [1.165, 1.54) is 0 Å². The zero-order valence-corrected chi connectivity index (χ0v) is 10.4. The predicted octanol–water partition coefficient (Wildman–Crippen LogP) is 0.815. The average molecular weight is 246 g/mol. The highest BCUT2D eigenvalue weighted by atomic mass is 17.0. The van der Waals surface area contributed by atoms with Gasteiger partial charge in [-0.25, -0.2) is 0 Å². The van der Waals surface area contributed by atoms with Crippen LogP contribution in [-0.4, -0.2) is 33.3 Å². The first-order valence-electron chi connectivity index (χ1n) is 5.38. The molecular weight excluding hydrogens is 228 g/mol. The number of rotatable bonds is 3. The van der Waals surface area contributed by atoms with Crippen LogP contribution in [-0.2, 0) is 9.63 Å². The quantitative estimate of drug-likeness (QED) is 0.564. The van der Waals surface area contributed by atoms with Crippen LogP contribution in [0.3, 0.4) is 0 Å². The Morgan fingerprint density at radius 3 is 2.41 bits per heavy atom. The van der Waals surface area contributed by atoms with Crippen LogP contribution in [0.5, 0.6) is 0 Å². The standard InChI is InChI=1S/C10H18N2O5/c1-9(2)5-6(8(13)14)7(17-12(15)16)10(3,4)11-9/h6-7,11H,5H2,1-4H3,(H,13,14). The summed E-state index contributed by atoms with van der Waals surface area (Å²) in [5, 5.41) is 21.9. The first-order valence-corrected chi connectivity index (χ1v) is 5.38. The van der Waals surface area contributed by atoms with Crippen LogP contribution >= 0.6 is 0 Å². The van der Waals surface area contributed by atoms with E-state index in [0.717, 1.165) is 0 Å². The molecule has 0 aromatic carbocycles. The summed E-state index contributed by atoms with van der Waals surface area (Å²) < 4.78 is 0. The number of nitrogens with zero attached hydrogens (tertiary/aromatic N) is 1. The highest BCUT2D eigenvalue weighted by Gasteiger charge is 2.50. The molecular formula is C10H18N2O5. The second-order valence-corrected chi connectivity index (χ2v) is 5.63. The maximum absolute atomic E-state index is 11.2. The van der Waals surface area contributed by atoms with Crippen molar-refractivity contribution >= 4 is 5.97 Å². The van der Waals surface area contributed by atoms with Gasteiger partial charge in [0.2, 0.25) is 0 Å². The highest BCUT2D eigenvalue weighted by Crippen LogP contribution is 2.35. The Hall–Kier alpha value is -1.37. The SMILES string of the molecule is CC1(C)CC(C(=O)O)C(O[N+](=O)[O-])C(C)(C)N1. The Morgan fingerprint density at radius 1 is 1.47 bits per heavy atom. The Kier molecular flexibility index (Phi) is 3.33. The summed E-state index contributed by atoms with van der Waals surface area (Å²) >= 11 is 0. The number of carboxylic acids is 1. The van der Waals surface area contributed by atoms with Crippen molar-refractivity contribution in [3.63, 3.8) is 0 Å². The fraction of sp³-hybridized carbons (Fsp3) is 0.900. The molecule has 2 atom stereocenters. The summed E-state index contributed by atoms with van der Waals surface area (Å²) in [6, 6.07) is 0. The van der Waals surface area contributed by atoms with Crippen LogP contribution in [0, 0.1) is 16.0 Å². The van der Waals surface area contributed by atoms with E-state index in [-0.39, 0.29) is 6.42 Å². The van der Waals surface area contributed by atoms with Gasteiger partial charge in [0.15, 0.2) is 0 Å². The largest absolute Gasteiger partial charge is 0.481 e. The number of aliphatic carboxylic acids is 1. The summed E-state index contributed by atoms with van der Waals surface area (Å²) in [5.41, 5.74) is -1.18. The lowest BCUT2D eigenvalue weighted by Crippen LogP contribution is -2.67. The summed E-state index contributed by atoms with van der Waals surface area (Å²) in [6.07, 6.45) is -0.715. The van der Waals surface area contributed by atoms with Crippen molar-refractivity contribution in [2.75, 3.05) is 0 Å². The van der Waals surface area contributed by atoms with E-state index in [1.807, 2.05) is 13.8 Å². The number of piperidine rings is 1. The average Bonchev–Trinajstić information content (AvgIpc) is 2.06. The molecule has 0 aliphatic carbocycles. The van der Waals surface area contributed by atoms with Crippen molar-refractivity contribution in [1.29, 1.82) is 0 Å². The van der Waals surface area contributed by atoms with Crippen molar-refractivity contribution in [3.05, 3.63) is 10.1 Å². The van der Waals surface area contributed by atoms with Crippen molar-refractivity contribution < 1.29 is 19.8 Å². The first-order chi connectivity index (χ1) is 7.55. The molecule has 0 aromatic rings. The van der Waals surface area contributed by atoms with Gasteiger partial charge >= 0.3 is 5.97 Å². The second-order valence-electron chi connectivity index (χ2n) is 5.63. The minimum Gasteiger partial charge on any atom is -0.481 e. The summed E-state index contributed by atoms with van der Waals surface area (Å²) in [5.74, 6) is -1.97. The molecule has 0 aromatic heterocycles. The minimum absolute atomic E-state index is 0.282. The topological polar surface area (TPSA) is 102 Å². The third-order valence-electron chi connectivity index (χ3n) is 2.98. The van der Waals surface area contributed by atoms with E-state index in [9.17, 15) is 14.9 Å². The normalized spacial score (nSPS) is 30.6. The van der Waals surface area contributed by atoms with Crippen molar-refractivity contribution in [2.45, 2.75) is 51.3 Å². The van der Waals surface area contributed by atoms with Crippen molar-refractivity contribution in [3.8, 4) is 0 Å². The van der Waals surface area contributed by atoms with Gasteiger partial charge in [0.25, 0.3) is 5.09 Å². The summed E-state index contributed by atoms with van der Waals surface area (Å²) in [4.78, 5) is 26.2. The maximum Gasteiger partial charge on any atom is 0.308 e. The van der Waals surface area contributed by atoms with Crippen molar-refractivity contribution in [1.82, 2.24) is 5.32 Å². The molecule has 1 saturated heterocycles.